The van der Waals surface area contributed by atoms with Crippen LogP contribution in [-0.2, 0) is 4.79 Å². The number of hydrogen-bond acceptors (Lipinski definition) is 6. The minimum Gasteiger partial charge on any atom is -0.478 e. The van der Waals surface area contributed by atoms with Gasteiger partial charge in [-0.3, -0.25) is 14.2 Å². The van der Waals surface area contributed by atoms with Crippen LogP contribution in [0, 0.1) is 6.92 Å². The van der Waals surface area contributed by atoms with Crippen LogP contribution in [0.25, 0.3) is 17.4 Å². The third-order valence-corrected chi connectivity index (χ3v) is 8.37. The molecular formula is C31H28ClN3O5S. The number of carbonyl (C=O) groups excluding carboxylic acids is 1. The van der Waals surface area contributed by atoms with E-state index in [0.29, 0.717) is 55.8 Å². The van der Waals surface area contributed by atoms with Crippen LogP contribution in [0.4, 0.5) is 0 Å². The Morgan fingerprint density at radius 3 is 2.46 bits per heavy atom. The fourth-order valence-electron chi connectivity index (χ4n) is 4.96. The molecule has 2 aromatic heterocycles. The molecule has 10 heteroatoms. The first-order valence-electron chi connectivity index (χ1n) is 13.1. The van der Waals surface area contributed by atoms with Gasteiger partial charge in [-0.05, 0) is 75.2 Å². The lowest BCUT2D eigenvalue weighted by Gasteiger charge is -2.29. The van der Waals surface area contributed by atoms with E-state index in [0.717, 1.165) is 11.1 Å². The Labute approximate surface area is 245 Å². The van der Waals surface area contributed by atoms with Gasteiger partial charge in [-0.15, -0.1) is 0 Å². The molecule has 1 aliphatic heterocycles. The van der Waals surface area contributed by atoms with Crippen molar-refractivity contribution < 1.29 is 19.1 Å². The van der Waals surface area contributed by atoms with Gasteiger partial charge in [0.15, 0.2) is 4.80 Å². The maximum atomic E-state index is 13.9. The number of allylic oxidation sites excluding steroid dienone is 1. The van der Waals surface area contributed by atoms with Crippen molar-refractivity contribution in [1.82, 2.24) is 9.47 Å². The molecule has 3 heterocycles. The number of aryl methyl sites for hydroxylation is 1. The summed E-state index contributed by atoms with van der Waals surface area (Å²) in [5.41, 5.74) is 3.13. The number of rotatable bonds is 7. The Bertz CT molecular complexity index is 1880. The molecule has 41 heavy (non-hydrogen) atoms. The normalized spacial score (nSPS) is 15.0. The molecule has 0 bridgehead atoms. The van der Waals surface area contributed by atoms with E-state index in [-0.39, 0.29) is 17.0 Å². The second-order valence-corrected chi connectivity index (χ2v) is 11.1. The van der Waals surface area contributed by atoms with Gasteiger partial charge in [-0.1, -0.05) is 41.1 Å². The molecule has 1 amide bonds. The minimum absolute atomic E-state index is 0.157. The van der Waals surface area contributed by atoms with Gasteiger partial charge in [0.1, 0.15) is 11.5 Å². The summed E-state index contributed by atoms with van der Waals surface area (Å²) < 4.78 is 7.99. The van der Waals surface area contributed by atoms with E-state index in [1.807, 2.05) is 32.9 Å². The number of carbonyl (C=O) groups is 2. The van der Waals surface area contributed by atoms with Crippen molar-refractivity contribution in [3.05, 3.63) is 113 Å². The average Bonchev–Trinajstić information content (AvgIpc) is 3.53. The first-order valence-corrected chi connectivity index (χ1v) is 14.3. The predicted molar refractivity (Wildman–Crippen MR) is 159 cm³/mol. The number of amides is 1. The number of aromatic carboxylic acids is 1. The first kappa shape index (κ1) is 28.3. The molecule has 0 fully saturated rings. The molecule has 4 aromatic rings. The van der Waals surface area contributed by atoms with Crippen molar-refractivity contribution in [3.8, 4) is 11.3 Å². The van der Waals surface area contributed by atoms with E-state index in [4.69, 9.17) is 16.0 Å². The van der Waals surface area contributed by atoms with Crippen molar-refractivity contribution in [3.63, 3.8) is 0 Å². The number of hydrogen-bond donors (Lipinski definition) is 1. The third kappa shape index (κ3) is 5.30. The van der Waals surface area contributed by atoms with E-state index in [2.05, 4.69) is 4.99 Å². The van der Waals surface area contributed by atoms with Crippen LogP contribution in [0.5, 0.6) is 0 Å². The van der Waals surface area contributed by atoms with Crippen molar-refractivity contribution in [2.45, 2.75) is 33.7 Å². The zero-order valence-corrected chi connectivity index (χ0v) is 24.5. The van der Waals surface area contributed by atoms with Gasteiger partial charge in [-0.2, -0.15) is 0 Å². The number of thiazole rings is 1. The summed E-state index contributed by atoms with van der Waals surface area (Å²) in [5, 5.41) is 9.94. The number of furan rings is 1. The summed E-state index contributed by atoms with van der Waals surface area (Å²) in [5.74, 6) is -0.265. The molecule has 1 aliphatic rings. The van der Waals surface area contributed by atoms with Crippen LogP contribution in [0.3, 0.4) is 0 Å². The smallest absolute Gasteiger partial charge is 0.335 e. The number of benzene rings is 2. The highest BCUT2D eigenvalue weighted by molar-refractivity contribution is 7.07. The van der Waals surface area contributed by atoms with Gasteiger partial charge in [0.2, 0.25) is 0 Å². The van der Waals surface area contributed by atoms with Crippen LogP contribution in [0.1, 0.15) is 54.1 Å². The zero-order valence-electron chi connectivity index (χ0n) is 23.0. The molecule has 5 rings (SSSR count). The van der Waals surface area contributed by atoms with Gasteiger partial charge < -0.3 is 14.4 Å². The molecule has 210 valence electrons. The molecular weight excluding hydrogens is 562 g/mol. The summed E-state index contributed by atoms with van der Waals surface area (Å²) in [6, 6.07) is 14.8. The van der Waals surface area contributed by atoms with Crippen molar-refractivity contribution >= 4 is 40.9 Å². The van der Waals surface area contributed by atoms with E-state index >= 15 is 0 Å². The second kappa shape index (κ2) is 11.3. The summed E-state index contributed by atoms with van der Waals surface area (Å²) in [4.78, 5) is 45.9. The van der Waals surface area contributed by atoms with Gasteiger partial charge in [0, 0.05) is 29.8 Å². The topological polar surface area (TPSA) is 105 Å². The lowest BCUT2D eigenvalue weighted by molar-refractivity contribution is -0.127. The molecule has 8 nitrogen and oxygen atoms in total. The van der Waals surface area contributed by atoms with Crippen LogP contribution in [-0.4, -0.2) is 39.5 Å². The Morgan fingerprint density at radius 1 is 1.10 bits per heavy atom. The lowest BCUT2D eigenvalue weighted by Crippen LogP contribution is -2.43. The summed E-state index contributed by atoms with van der Waals surface area (Å²) in [6.07, 6.45) is 1.65. The third-order valence-electron chi connectivity index (χ3n) is 7.14. The summed E-state index contributed by atoms with van der Waals surface area (Å²) >= 11 is 7.38. The fourth-order valence-corrected chi connectivity index (χ4v) is 6.11. The number of fused-ring (bicyclic) bond motifs is 1. The number of likely N-dealkylation sites (N-methyl/N-ethyl adjacent to an activating group) is 1. The number of carboxylic acid groups (broad SMARTS) is 1. The number of nitrogens with zero attached hydrogens (tertiary/aromatic N) is 3. The maximum Gasteiger partial charge on any atom is 0.335 e. The van der Waals surface area contributed by atoms with Crippen LogP contribution < -0.4 is 14.9 Å². The quantitative estimate of drug-likeness (QED) is 0.326. The van der Waals surface area contributed by atoms with Crippen LogP contribution in [0.2, 0.25) is 5.02 Å². The van der Waals surface area contributed by atoms with E-state index in [1.165, 1.54) is 11.3 Å². The van der Waals surface area contributed by atoms with E-state index in [1.54, 1.807) is 64.9 Å². The number of carboxylic acids is 1. The van der Waals surface area contributed by atoms with Crippen molar-refractivity contribution in [1.29, 1.82) is 0 Å². The highest BCUT2D eigenvalue weighted by Gasteiger charge is 2.34. The predicted octanol–water partition coefficient (Wildman–Crippen LogP) is 5.02. The Morgan fingerprint density at radius 2 is 1.80 bits per heavy atom. The lowest BCUT2D eigenvalue weighted by atomic mass is 9.94. The first-order chi connectivity index (χ1) is 19.6. The zero-order chi connectivity index (χ0) is 29.4. The highest BCUT2D eigenvalue weighted by atomic mass is 35.5. The monoisotopic (exact) mass is 589 g/mol. The van der Waals surface area contributed by atoms with Crippen molar-refractivity contribution in [2.75, 3.05) is 13.1 Å². The largest absolute Gasteiger partial charge is 0.478 e. The molecule has 2 aromatic carbocycles. The molecule has 0 spiro atoms. The molecule has 0 saturated carbocycles. The standard InChI is InChI=1S/C31H28ClN3O5S/c1-5-34(6-2)29(37)26-18(4)33-31-35(27(26)19-9-11-21(32)12-10-19)28(36)25(41-31)16-22-13-14-24(40-22)23-15-20(30(38)39)8-7-17(23)3/h7-16,27H,5-6H2,1-4H3,(H,38,39)/b25-16+/t27-/m1/s1. The molecule has 0 unspecified atom stereocenters. The summed E-state index contributed by atoms with van der Waals surface area (Å²) in [6.45, 7) is 8.56. The Kier molecular flexibility index (Phi) is 7.84. The fraction of sp³-hybridized carbons (Fsp3) is 0.226. The molecule has 0 radical (unpaired) electrons. The summed E-state index contributed by atoms with van der Waals surface area (Å²) in [7, 11) is 0. The molecule has 1 atom stereocenters. The van der Waals surface area contributed by atoms with Gasteiger partial charge in [-0.25, -0.2) is 9.79 Å². The Balaban J connectivity index is 1.63. The van der Waals surface area contributed by atoms with Gasteiger partial charge in [0.25, 0.3) is 11.5 Å². The van der Waals surface area contributed by atoms with Crippen molar-refractivity contribution in [2.24, 2.45) is 4.99 Å². The van der Waals surface area contributed by atoms with Crippen LogP contribution >= 0.6 is 22.9 Å². The average molecular weight is 590 g/mol. The highest BCUT2D eigenvalue weighted by Crippen LogP contribution is 2.32. The van der Waals surface area contributed by atoms with E-state index in [9.17, 15) is 19.5 Å². The Hall–Kier alpha value is -4.21. The molecule has 1 N–H and O–H groups in total. The SMILES string of the molecule is CCN(CC)C(=O)C1=C(C)N=c2s/c(=C/c3ccc(-c4cc(C(=O)O)ccc4C)o3)c(=O)n2[C@@H]1c1ccc(Cl)cc1. The number of aromatic nitrogens is 1. The molecule has 0 aliphatic carbocycles. The van der Waals surface area contributed by atoms with E-state index < -0.39 is 12.0 Å². The molecule has 0 saturated heterocycles. The van der Waals surface area contributed by atoms with Gasteiger partial charge >= 0.3 is 5.97 Å². The minimum atomic E-state index is -1.02. The van der Waals surface area contributed by atoms with Gasteiger partial charge in [0.05, 0.1) is 27.4 Å². The maximum absolute atomic E-state index is 13.9. The number of halogens is 1. The van der Waals surface area contributed by atoms with Crippen LogP contribution in [0.15, 0.2) is 80.1 Å². The second-order valence-electron chi connectivity index (χ2n) is 9.65.